The maximum absolute atomic E-state index is 13.2. The molecule has 1 amide bonds. The Morgan fingerprint density at radius 1 is 1.16 bits per heavy atom. The monoisotopic (exact) mass is 488 g/mol. The third-order valence-corrected chi connectivity index (χ3v) is 6.94. The molecule has 162 valence electrons. The average molecular weight is 489 g/mol. The van der Waals surface area contributed by atoms with Crippen molar-refractivity contribution in [1.29, 1.82) is 0 Å². The number of carbonyl (C=O) groups is 1. The van der Waals surface area contributed by atoms with Crippen LogP contribution in [0.2, 0.25) is 0 Å². The number of hydrogen-bond acceptors (Lipinski definition) is 4. The number of alkyl halides is 2. The summed E-state index contributed by atoms with van der Waals surface area (Å²) in [5.41, 5.74) is 3.83. The number of amides is 1. The number of anilines is 2. The van der Waals surface area contributed by atoms with Gasteiger partial charge in [0, 0.05) is 21.8 Å². The van der Waals surface area contributed by atoms with Gasteiger partial charge in [0.2, 0.25) is 5.95 Å². The van der Waals surface area contributed by atoms with Crippen LogP contribution >= 0.6 is 15.9 Å². The minimum absolute atomic E-state index is 0.210. The predicted molar refractivity (Wildman–Crippen MR) is 120 cm³/mol. The summed E-state index contributed by atoms with van der Waals surface area (Å²) in [5.74, 6) is -2.46. The quantitative estimate of drug-likeness (QED) is 0.608. The first kappa shape index (κ1) is 20.5. The molecule has 1 aliphatic heterocycles. The molecule has 1 saturated heterocycles. The lowest BCUT2D eigenvalue weighted by Crippen LogP contribution is -2.57. The van der Waals surface area contributed by atoms with Crippen molar-refractivity contribution in [3.63, 3.8) is 0 Å². The van der Waals surface area contributed by atoms with Gasteiger partial charge in [-0.1, -0.05) is 22.0 Å². The van der Waals surface area contributed by atoms with Crippen LogP contribution in [0.25, 0.3) is 5.57 Å². The molecule has 0 bridgehead atoms. The van der Waals surface area contributed by atoms with Gasteiger partial charge in [-0.15, -0.1) is 0 Å². The average Bonchev–Trinajstić information content (AvgIpc) is 3.45. The van der Waals surface area contributed by atoms with E-state index < -0.39 is 19.0 Å². The Labute approximate surface area is 188 Å². The second-order valence-corrected chi connectivity index (χ2v) is 9.90. The van der Waals surface area contributed by atoms with E-state index in [0.717, 1.165) is 22.9 Å². The van der Waals surface area contributed by atoms with Crippen molar-refractivity contribution < 1.29 is 13.6 Å². The summed E-state index contributed by atoms with van der Waals surface area (Å²) in [4.78, 5) is 23.1. The van der Waals surface area contributed by atoms with Crippen LogP contribution in [-0.4, -0.2) is 34.9 Å². The van der Waals surface area contributed by atoms with Gasteiger partial charge in [0.05, 0.1) is 13.1 Å². The number of rotatable bonds is 4. The molecule has 8 heteroatoms. The third-order valence-electron chi connectivity index (χ3n) is 6.45. The lowest BCUT2D eigenvalue weighted by Gasteiger charge is -2.38. The molecule has 2 aliphatic carbocycles. The zero-order chi connectivity index (χ0) is 21.8. The Bertz CT molecular complexity index is 1090. The summed E-state index contributed by atoms with van der Waals surface area (Å²) in [6.07, 6.45) is 8.11. The molecule has 3 aliphatic rings. The SMILES string of the molecule is Cc1cc(NC(=O)c2ccc(Br)cc2C2=CCC3(CC2)CC3)nc(N2CC(F)(F)C2)n1. The summed E-state index contributed by atoms with van der Waals surface area (Å²) < 4.78 is 27.4. The molecule has 1 spiro atoms. The van der Waals surface area contributed by atoms with Gasteiger partial charge < -0.3 is 10.2 Å². The van der Waals surface area contributed by atoms with E-state index in [4.69, 9.17) is 0 Å². The molecule has 1 aromatic carbocycles. The largest absolute Gasteiger partial charge is 0.329 e. The van der Waals surface area contributed by atoms with E-state index in [1.54, 1.807) is 13.0 Å². The first-order valence-corrected chi connectivity index (χ1v) is 11.3. The lowest BCUT2D eigenvalue weighted by atomic mass is 9.83. The fraction of sp³-hybridized carbons (Fsp3) is 0.435. The molecule has 5 rings (SSSR count). The van der Waals surface area contributed by atoms with E-state index in [9.17, 15) is 13.6 Å². The Kier molecular flexibility index (Phi) is 4.88. The number of aromatic nitrogens is 2. The predicted octanol–water partition coefficient (Wildman–Crippen LogP) is 5.60. The van der Waals surface area contributed by atoms with Crippen molar-refractivity contribution in [2.45, 2.75) is 45.0 Å². The zero-order valence-corrected chi connectivity index (χ0v) is 18.8. The Hall–Kier alpha value is -2.35. The standard InChI is InChI=1S/C23H23BrF2N4O/c1-14-10-19(29-21(27-14)30-12-23(25,26)13-30)28-20(31)17-3-2-16(24)11-18(17)15-4-6-22(7-5-15)8-9-22/h2-4,10-11H,5-9,12-13H2,1H3,(H,27,28,29,31). The number of aryl methyl sites for hydroxylation is 1. The van der Waals surface area contributed by atoms with Gasteiger partial charge in [-0.3, -0.25) is 4.79 Å². The van der Waals surface area contributed by atoms with E-state index in [2.05, 4.69) is 37.3 Å². The fourth-order valence-corrected chi connectivity index (χ4v) is 4.76. The number of halogens is 3. The van der Waals surface area contributed by atoms with Crippen LogP contribution in [0.4, 0.5) is 20.5 Å². The van der Waals surface area contributed by atoms with Crippen molar-refractivity contribution in [1.82, 2.24) is 9.97 Å². The van der Waals surface area contributed by atoms with Crippen molar-refractivity contribution in [2.75, 3.05) is 23.3 Å². The number of carbonyl (C=O) groups excluding carboxylic acids is 1. The first-order valence-electron chi connectivity index (χ1n) is 10.5. The van der Waals surface area contributed by atoms with E-state index in [1.165, 1.54) is 29.7 Å². The Morgan fingerprint density at radius 3 is 2.58 bits per heavy atom. The van der Waals surface area contributed by atoms with Crippen molar-refractivity contribution in [2.24, 2.45) is 5.41 Å². The minimum Gasteiger partial charge on any atom is -0.329 e. The molecule has 2 heterocycles. The smallest absolute Gasteiger partial charge is 0.282 e. The summed E-state index contributed by atoms with van der Waals surface area (Å²) in [7, 11) is 0. The number of benzene rings is 1. The van der Waals surface area contributed by atoms with E-state index in [-0.39, 0.29) is 11.9 Å². The highest BCUT2D eigenvalue weighted by molar-refractivity contribution is 9.10. The van der Waals surface area contributed by atoms with Crippen LogP contribution in [-0.2, 0) is 0 Å². The molecule has 2 fully saturated rings. The molecule has 0 unspecified atom stereocenters. The van der Waals surface area contributed by atoms with Crippen LogP contribution in [0.3, 0.4) is 0 Å². The summed E-state index contributed by atoms with van der Waals surface area (Å²) in [6, 6.07) is 7.30. The van der Waals surface area contributed by atoms with Gasteiger partial charge in [0.1, 0.15) is 5.82 Å². The molecular formula is C23H23BrF2N4O. The molecule has 1 saturated carbocycles. The molecule has 2 aromatic rings. The van der Waals surface area contributed by atoms with Crippen LogP contribution < -0.4 is 10.2 Å². The van der Waals surface area contributed by atoms with E-state index >= 15 is 0 Å². The van der Waals surface area contributed by atoms with E-state index in [0.29, 0.717) is 22.5 Å². The van der Waals surface area contributed by atoms with Gasteiger partial charge in [-0.05, 0) is 73.8 Å². The molecule has 5 nitrogen and oxygen atoms in total. The molecule has 31 heavy (non-hydrogen) atoms. The van der Waals surface area contributed by atoms with Crippen LogP contribution in [0.15, 0.2) is 34.8 Å². The summed E-state index contributed by atoms with van der Waals surface area (Å²) >= 11 is 3.53. The zero-order valence-electron chi connectivity index (χ0n) is 17.2. The molecule has 1 aromatic heterocycles. The van der Waals surface area contributed by atoms with E-state index in [1.807, 2.05) is 18.2 Å². The number of hydrogen-bond donors (Lipinski definition) is 1. The van der Waals surface area contributed by atoms with Crippen molar-refractivity contribution in [3.8, 4) is 0 Å². The van der Waals surface area contributed by atoms with Gasteiger partial charge >= 0.3 is 0 Å². The maximum Gasteiger partial charge on any atom is 0.282 e. The molecule has 1 N–H and O–H groups in total. The number of nitrogens with zero attached hydrogens (tertiary/aromatic N) is 3. The first-order chi connectivity index (χ1) is 14.7. The number of nitrogens with one attached hydrogen (secondary N) is 1. The topological polar surface area (TPSA) is 58.1 Å². The lowest BCUT2D eigenvalue weighted by molar-refractivity contribution is -0.0271. The normalized spacial score (nSPS) is 20.8. The second-order valence-electron chi connectivity index (χ2n) is 8.98. The highest BCUT2D eigenvalue weighted by Gasteiger charge is 2.45. The maximum atomic E-state index is 13.2. The van der Waals surface area contributed by atoms with Gasteiger partial charge in [-0.25, -0.2) is 13.8 Å². The van der Waals surface area contributed by atoms with Crippen LogP contribution in [0, 0.1) is 12.3 Å². The summed E-state index contributed by atoms with van der Waals surface area (Å²) in [5, 5.41) is 2.84. The van der Waals surface area contributed by atoms with Crippen molar-refractivity contribution >= 4 is 39.2 Å². The highest BCUT2D eigenvalue weighted by Crippen LogP contribution is 2.56. The summed E-state index contributed by atoms with van der Waals surface area (Å²) in [6.45, 7) is 0.942. The molecule has 0 radical (unpaired) electrons. The minimum atomic E-state index is -2.71. The van der Waals surface area contributed by atoms with Crippen LogP contribution in [0.5, 0.6) is 0 Å². The fourth-order valence-electron chi connectivity index (χ4n) is 4.39. The Balaban J connectivity index is 1.39. The molecular weight excluding hydrogens is 466 g/mol. The third kappa shape index (κ3) is 4.22. The van der Waals surface area contributed by atoms with Gasteiger partial charge in [0.15, 0.2) is 0 Å². The van der Waals surface area contributed by atoms with Gasteiger partial charge in [0.25, 0.3) is 11.8 Å². The second kappa shape index (κ2) is 7.36. The van der Waals surface area contributed by atoms with Crippen LogP contribution in [0.1, 0.15) is 53.7 Å². The molecule has 0 atom stereocenters. The highest BCUT2D eigenvalue weighted by atomic mass is 79.9. The van der Waals surface area contributed by atoms with Crippen molar-refractivity contribution in [3.05, 3.63) is 51.6 Å². The van der Waals surface area contributed by atoms with Gasteiger partial charge in [-0.2, -0.15) is 4.98 Å². The Morgan fingerprint density at radius 2 is 1.94 bits per heavy atom. The number of allylic oxidation sites excluding steroid dienone is 2.